The van der Waals surface area contributed by atoms with Gasteiger partial charge in [-0.05, 0) is 39.3 Å². The fourth-order valence-corrected chi connectivity index (χ4v) is 4.05. The lowest BCUT2D eigenvalue weighted by molar-refractivity contribution is -0.142. The van der Waals surface area contributed by atoms with E-state index >= 15 is 0 Å². The number of aryl methyl sites for hydroxylation is 4. The van der Waals surface area contributed by atoms with Gasteiger partial charge in [0.05, 0.1) is 35.2 Å². The molecule has 1 N–H and O–H groups in total. The average Bonchev–Trinajstić information content (AvgIpc) is 3.14. The highest BCUT2D eigenvalue weighted by atomic mass is 16.5. The van der Waals surface area contributed by atoms with E-state index in [2.05, 4.69) is 16.9 Å². The molecule has 0 bridgehead atoms. The molecule has 0 amide bonds. The van der Waals surface area contributed by atoms with Crippen molar-refractivity contribution in [2.24, 2.45) is 0 Å². The van der Waals surface area contributed by atoms with Crippen molar-refractivity contribution < 1.29 is 23.9 Å². The Labute approximate surface area is 203 Å². The first-order valence-electron chi connectivity index (χ1n) is 11.8. The summed E-state index contributed by atoms with van der Waals surface area (Å²) in [5, 5.41) is 0. The maximum absolute atomic E-state index is 13.0. The molecule has 0 saturated heterocycles. The van der Waals surface area contributed by atoms with E-state index in [4.69, 9.17) is 9.47 Å². The number of para-hydroxylation sites is 2. The number of hydrogen-bond donors (Lipinski definition) is 1. The van der Waals surface area contributed by atoms with Gasteiger partial charge >= 0.3 is 11.9 Å². The van der Waals surface area contributed by atoms with Gasteiger partial charge < -0.3 is 19.0 Å². The topological polar surface area (TPSA) is 120 Å². The summed E-state index contributed by atoms with van der Waals surface area (Å²) in [6, 6.07) is 7.41. The number of H-pyrrole nitrogens is 1. The van der Waals surface area contributed by atoms with Gasteiger partial charge in [0.1, 0.15) is 5.69 Å². The molecule has 9 heteroatoms. The number of hydrogen-bond acceptors (Lipinski definition) is 7. The summed E-state index contributed by atoms with van der Waals surface area (Å²) in [6.45, 7) is 7.30. The van der Waals surface area contributed by atoms with Crippen LogP contribution in [-0.2, 0) is 27.2 Å². The maximum Gasteiger partial charge on any atom is 0.340 e. The third-order valence-corrected chi connectivity index (χ3v) is 5.72. The molecule has 35 heavy (non-hydrogen) atoms. The van der Waals surface area contributed by atoms with Gasteiger partial charge in [-0.25, -0.2) is 9.78 Å². The van der Waals surface area contributed by atoms with Crippen LogP contribution in [0, 0.1) is 13.8 Å². The van der Waals surface area contributed by atoms with E-state index in [-0.39, 0.29) is 41.8 Å². The van der Waals surface area contributed by atoms with Crippen LogP contribution in [-0.4, -0.2) is 45.5 Å². The molecule has 0 aliphatic heterocycles. The van der Waals surface area contributed by atoms with E-state index in [1.54, 1.807) is 25.3 Å². The molecule has 2 aromatic heterocycles. The fraction of sp³-hybridized carbons (Fsp3) is 0.423. The Bertz CT molecular complexity index is 1300. The minimum absolute atomic E-state index is 0.0964. The molecule has 0 aliphatic rings. The second kappa shape index (κ2) is 11.6. The molecule has 0 atom stereocenters. The largest absolute Gasteiger partial charge is 0.462 e. The van der Waals surface area contributed by atoms with Gasteiger partial charge in [-0.3, -0.25) is 14.4 Å². The Hall–Kier alpha value is -3.75. The lowest BCUT2D eigenvalue weighted by Gasteiger charge is -2.12. The van der Waals surface area contributed by atoms with Gasteiger partial charge in [-0.15, -0.1) is 0 Å². The summed E-state index contributed by atoms with van der Waals surface area (Å²) < 4.78 is 11.9. The smallest absolute Gasteiger partial charge is 0.340 e. The number of esters is 2. The Balaban J connectivity index is 1.69. The van der Waals surface area contributed by atoms with Crippen LogP contribution in [0.2, 0.25) is 0 Å². The lowest BCUT2D eigenvalue weighted by Crippen LogP contribution is -2.26. The molecule has 0 spiro atoms. The molecule has 186 valence electrons. The maximum atomic E-state index is 13.0. The Morgan fingerprint density at radius 3 is 2.46 bits per heavy atom. The second-order valence-electron chi connectivity index (χ2n) is 8.29. The molecule has 0 fully saturated rings. The zero-order chi connectivity index (χ0) is 25.5. The van der Waals surface area contributed by atoms with Crippen molar-refractivity contribution >= 4 is 28.8 Å². The SMILES string of the molecule is CCCCn1c(=O)c(CCC(=O)OCC(=O)c2c(C)[nH]c(C)c2C(=O)OCC)nc2ccccc21. The summed E-state index contributed by atoms with van der Waals surface area (Å²) in [4.78, 5) is 57.8. The number of nitrogens with zero attached hydrogens (tertiary/aromatic N) is 2. The third-order valence-electron chi connectivity index (χ3n) is 5.72. The van der Waals surface area contributed by atoms with Gasteiger partial charge in [0.2, 0.25) is 5.78 Å². The molecular formula is C26H31N3O6. The number of aromatic amines is 1. The van der Waals surface area contributed by atoms with Crippen LogP contribution in [0.4, 0.5) is 0 Å². The van der Waals surface area contributed by atoms with E-state index < -0.39 is 24.3 Å². The molecule has 0 unspecified atom stereocenters. The molecular weight excluding hydrogens is 450 g/mol. The lowest BCUT2D eigenvalue weighted by atomic mass is 10.1. The third kappa shape index (κ3) is 5.85. The minimum atomic E-state index is -0.629. The number of carbonyl (C=O) groups excluding carboxylic acids is 3. The first kappa shape index (κ1) is 25.9. The number of aromatic nitrogens is 3. The van der Waals surface area contributed by atoms with Crippen LogP contribution in [0.15, 0.2) is 29.1 Å². The van der Waals surface area contributed by atoms with E-state index in [1.807, 2.05) is 24.3 Å². The molecule has 1 aromatic carbocycles. The summed E-state index contributed by atoms with van der Waals surface area (Å²) in [5.41, 5.74) is 2.83. The van der Waals surface area contributed by atoms with Crippen LogP contribution < -0.4 is 5.56 Å². The highest BCUT2D eigenvalue weighted by Gasteiger charge is 2.26. The Kier molecular flexibility index (Phi) is 8.57. The number of ether oxygens (including phenoxy) is 2. The second-order valence-corrected chi connectivity index (χ2v) is 8.29. The van der Waals surface area contributed by atoms with Crippen LogP contribution in [0.3, 0.4) is 0 Å². The number of benzene rings is 1. The molecule has 0 saturated carbocycles. The van der Waals surface area contributed by atoms with Crippen molar-refractivity contribution in [1.82, 2.24) is 14.5 Å². The number of rotatable bonds is 11. The first-order chi connectivity index (χ1) is 16.8. The summed E-state index contributed by atoms with van der Waals surface area (Å²) in [6.07, 6.45) is 1.79. The van der Waals surface area contributed by atoms with Crippen molar-refractivity contribution in [1.29, 1.82) is 0 Å². The van der Waals surface area contributed by atoms with Gasteiger partial charge in [0, 0.05) is 24.4 Å². The zero-order valence-corrected chi connectivity index (χ0v) is 20.6. The predicted molar refractivity (Wildman–Crippen MR) is 131 cm³/mol. The van der Waals surface area contributed by atoms with Crippen LogP contribution in [0.5, 0.6) is 0 Å². The zero-order valence-electron chi connectivity index (χ0n) is 20.6. The number of carbonyl (C=O) groups is 3. The number of Topliss-reactive ketones (excluding diaryl/α,β-unsaturated/α-hetero) is 1. The number of nitrogens with one attached hydrogen (secondary N) is 1. The van der Waals surface area contributed by atoms with E-state index in [0.717, 1.165) is 18.4 Å². The molecule has 0 radical (unpaired) electrons. The Morgan fingerprint density at radius 2 is 1.74 bits per heavy atom. The molecule has 3 rings (SSSR count). The highest BCUT2D eigenvalue weighted by Crippen LogP contribution is 2.20. The van der Waals surface area contributed by atoms with Crippen LogP contribution >= 0.6 is 0 Å². The van der Waals surface area contributed by atoms with Crippen molar-refractivity contribution in [3.63, 3.8) is 0 Å². The van der Waals surface area contributed by atoms with Gasteiger partial charge in [0.25, 0.3) is 5.56 Å². The standard InChI is InChI=1S/C26H31N3O6/c1-5-7-14-29-20-11-9-8-10-18(20)28-19(25(29)32)12-13-22(31)35-15-21(30)23-16(3)27-17(4)24(23)26(33)34-6-2/h8-11,27H,5-7,12-15H2,1-4H3. The minimum Gasteiger partial charge on any atom is -0.462 e. The van der Waals surface area contributed by atoms with Crippen LogP contribution in [0.1, 0.15) is 70.9 Å². The molecule has 0 aliphatic carbocycles. The van der Waals surface area contributed by atoms with E-state index in [0.29, 0.717) is 23.4 Å². The summed E-state index contributed by atoms with van der Waals surface area (Å²) in [5.74, 6) is -1.74. The quantitative estimate of drug-likeness (QED) is 0.328. The van der Waals surface area contributed by atoms with Crippen LogP contribution in [0.25, 0.3) is 11.0 Å². The Morgan fingerprint density at radius 1 is 1.03 bits per heavy atom. The predicted octanol–water partition coefficient (Wildman–Crippen LogP) is 3.68. The highest BCUT2D eigenvalue weighted by molar-refractivity contribution is 6.09. The average molecular weight is 482 g/mol. The summed E-state index contributed by atoms with van der Waals surface area (Å²) in [7, 11) is 0. The molecule has 3 aromatic rings. The normalized spacial score (nSPS) is 11.0. The van der Waals surface area contributed by atoms with Gasteiger partial charge in [-0.2, -0.15) is 0 Å². The van der Waals surface area contributed by atoms with Gasteiger partial charge in [-0.1, -0.05) is 25.5 Å². The van der Waals surface area contributed by atoms with Crippen molar-refractivity contribution in [3.05, 3.63) is 62.8 Å². The monoisotopic (exact) mass is 481 g/mol. The van der Waals surface area contributed by atoms with Gasteiger partial charge in [0.15, 0.2) is 6.61 Å². The number of ketones is 1. The van der Waals surface area contributed by atoms with E-state index in [1.165, 1.54) is 0 Å². The number of unbranched alkanes of at least 4 members (excludes halogenated alkanes) is 1. The van der Waals surface area contributed by atoms with Crippen molar-refractivity contribution in [3.8, 4) is 0 Å². The summed E-state index contributed by atoms with van der Waals surface area (Å²) >= 11 is 0. The molecule has 2 heterocycles. The fourth-order valence-electron chi connectivity index (χ4n) is 4.05. The van der Waals surface area contributed by atoms with Crippen molar-refractivity contribution in [2.45, 2.75) is 59.9 Å². The number of fused-ring (bicyclic) bond motifs is 1. The first-order valence-corrected chi connectivity index (χ1v) is 11.8. The van der Waals surface area contributed by atoms with Crippen molar-refractivity contribution in [2.75, 3.05) is 13.2 Å². The molecule has 9 nitrogen and oxygen atoms in total. The van der Waals surface area contributed by atoms with E-state index in [9.17, 15) is 19.2 Å².